The topological polar surface area (TPSA) is 32.8 Å². The third-order valence-electron chi connectivity index (χ3n) is 4.91. The Morgan fingerprint density at radius 2 is 1.48 bits per heavy atom. The highest BCUT2D eigenvalue weighted by Gasteiger charge is 2.24. The predicted molar refractivity (Wildman–Crippen MR) is 107 cm³/mol. The molecule has 0 N–H and O–H groups in total. The van der Waals surface area contributed by atoms with Crippen molar-refractivity contribution >= 4 is 11.6 Å². The summed E-state index contributed by atoms with van der Waals surface area (Å²) in [5.74, 6) is -0.758. The largest absolute Gasteiger partial charge is 0.455 e. The Bertz CT molecular complexity index is 1000. The van der Waals surface area contributed by atoms with Gasteiger partial charge < -0.3 is 14.5 Å². The van der Waals surface area contributed by atoms with Crippen molar-refractivity contribution in [2.24, 2.45) is 0 Å². The maximum absolute atomic E-state index is 13.4. The first kappa shape index (κ1) is 18.9. The number of halogens is 2. The third-order valence-corrected chi connectivity index (χ3v) is 4.91. The summed E-state index contributed by atoms with van der Waals surface area (Å²) < 4.78 is 32.6. The van der Waals surface area contributed by atoms with Gasteiger partial charge in [-0.2, -0.15) is 0 Å². The molecule has 3 aromatic rings. The van der Waals surface area contributed by atoms with Gasteiger partial charge in [-0.1, -0.05) is 30.3 Å². The number of hydrogen-bond donors (Lipinski definition) is 0. The zero-order valence-electron chi connectivity index (χ0n) is 15.7. The minimum atomic E-state index is -1.01. The molecule has 1 amide bonds. The summed E-state index contributed by atoms with van der Waals surface area (Å²) in [5.41, 5.74) is 1.11. The van der Waals surface area contributed by atoms with E-state index in [4.69, 9.17) is 4.74 Å². The molecule has 1 saturated heterocycles. The number of ether oxygens (including phenoxy) is 1. The number of benzene rings is 3. The van der Waals surface area contributed by atoms with Crippen molar-refractivity contribution in [1.29, 1.82) is 0 Å². The number of rotatable bonds is 4. The summed E-state index contributed by atoms with van der Waals surface area (Å²) in [6.45, 7) is 2.20. The average Bonchev–Trinajstić information content (AvgIpc) is 2.76. The highest BCUT2D eigenvalue weighted by Crippen LogP contribution is 2.32. The molecular weight excluding hydrogens is 374 g/mol. The molecule has 0 spiro atoms. The Hall–Kier alpha value is -3.41. The van der Waals surface area contributed by atoms with Gasteiger partial charge in [-0.15, -0.1) is 0 Å². The smallest absolute Gasteiger partial charge is 0.254 e. The monoisotopic (exact) mass is 394 g/mol. The van der Waals surface area contributed by atoms with Gasteiger partial charge in [0.2, 0.25) is 0 Å². The summed E-state index contributed by atoms with van der Waals surface area (Å²) >= 11 is 0. The molecule has 148 valence electrons. The number of para-hydroxylation sites is 3. The van der Waals surface area contributed by atoms with E-state index in [1.807, 2.05) is 54.6 Å². The Labute approximate surface area is 167 Å². The number of hydrogen-bond acceptors (Lipinski definition) is 3. The van der Waals surface area contributed by atoms with Crippen molar-refractivity contribution in [3.63, 3.8) is 0 Å². The average molecular weight is 394 g/mol. The van der Waals surface area contributed by atoms with Crippen molar-refractivity contribution < 1.29 is 18.3 Å². The molecule has 0 aliphatic carbocycles. The van der Waals surface area contributed by atoms with Crippen LogP contribution in [0.25, 0.3) is 0 Å². The Morgan fingerprint density at radius 3 is 2.21 bits per heavy atom. The summed E-state index contributed by atoms with van der Waals surface area (Å²) in [4.78, 5) is 16.4. The minimum absolute atomic E-state index is 0.158. The highest BCUT2D eigenvalue weighted by atomic mass is 19.2. The molecule has 0 saturated carbocycles. The van der Waals surface area contributed by atoms with Crippen LogP contribution in [-0.2, 0) is 0 Å². The molecule has 3 aromatic carbocycles. The van der Waals surface area contributed by atoms with Gasteiger partial charge in [0, 0.05) is 31.7 Å². The molecule has 1 heterocycles. The van der Waals surface area contributed by atoms with E-state index in [0.717, 1.165) is 29.3 Å². The highest BCUT2D eigenvalue weighted by molar-refractivity contribution is 5.94. The third kappa shape index (κ3) is 4.21. The van der Waals surface area contributed by atoms with Crippen LogP contribution < -0.4 is 9.64 Å². The lowest BCUT2D eigenvalue weighted by Crippen LogP contribution is -2.48. The molecule has 0 aromatic heterocycles. The van der Waals surface area contributed by atoms with E-state index in [1.165, 1.54) is 6.07 Å². The first-order chi connectivity index (χ1) is 14.1. The predicted octanol–water partition coefficient (Wildman–Crippen LogP) is 4.72. The van der Waals surface area contributed by atoms with Crippen LogP contribution in [0.3, 0.4) is 0 Å². The first-order valence-corrected chi connectivity index (χ1v) is 9.43. The molecular formula is C23H20F2N2O2. The van der Waals surface area contributed by atoms with Crippen molar-refractivity contribution in [3.8, 4) is 11.5 Å². The maximum Gasteiger partial charge on any atom is 0.254 e. The van der Waals surface area contributed by atoms with E-state index >= 15 is 0 Å². The SMILES string of the molecule is O=C(c1ccc(F)c(F)c1)N1CCN(c2ccccc2Oc2ccccc2)CC1. The second-order valence-corrected chi connectivity index (χ2v) is 6.79. The van der Waals surface area contributed by atoms with E-state index in [0.29, 0.717) is 26.2 Å². The number of nitrogens with zero attached hydrogens (tertiary/aromatic N) is 2. The van der Waals surface area contributed by atoms with Gasteiger partial charge in [-0.05, 0) is 42.5 Å². The summed E-state index contributed by atoms with van der Waals surface area (Å²) in [6, 6.07) is 20.6. The fraction of sp³-hybridized carbons (Fsp3) is 0.174. The van der Waals surface area contributed by atoms with Crippen LogP contribution in [0.15, 0.2) is 72.8 Å². The van der Waals surface area contributed by atoms with Gasteiger partial charge in [-0.25, -0.2) is 8.78 Å². The van der Waals surface area contributed by atoms with E-state index in [1.54, 1.807) is 4.90 Å². The van der Waals surface area contributed by atoms with Gasteiger partial charge in [-0.3, -0.25) is 4.79 Å². The molecule has 0 unspecified atom stereocenters. The van der Waals surface area contributed by atoms with Crippen LogP contribution in [0.4, 0.5) is 14.5 Å². The zero-order chi connectivity index (χ0) is 20.2. The molecule has 6 heteroatoms. The van der Waals surface area contributed by atoms with Gasteiger partial charge in [0.15, 0.2) is 17.4 Å². The quantitative estimate of drug-likeness (QED) is 0.642. The number of anilines is 1. The minimum Gasteiger partial charge on any atom is -0.455 e. The Balaban J connectivity index is 1.45. The first-order valence-electron chi connectivity index (χ1n) is 9.43. The fourth-order valence-electron chi connectivity index (χ4n) is 3.38. The van der Waals surface area contributed by atoms with Gasteiger partial charge in [0.05, 0.1) is 5.69 Å². The van der Waals surface area contributed by atoms with Crippen LogP contribution in [-0.4, -0.2) is 37.0 Å². The Morgan fingerprint density at radius 1 is 0.793 bits per heavy atom. The lowest BCUT2D eigenvalue weighted by atomic mass is 10.1. The van der Waals surface area contributed by atoms with E-state index in [-0.39, 0.29) is 11.5 Å². The van der Waals surface area contributed by atoms with Gasteiger partial charge in [0.1, 0.15) is 5.75 Å². The van der Waals surface area contributed by atoms with Crippen molar-refractivity contribution in [1.82, 2.24) is 4.90 Å². The van der Waals surface area contributed by atoms with Gasteiger partial charge in [0.25, 0.3) is 5.91 Å². The second kappa shape index (κ2) is 8.31. The molecule has 0 radical (unpaired) electrons. The van der Waals surface area contributed by atoms with Crippen LogP contribution in [0.5, 0.6) is 11.5 Å². The molecule has 29 heavy (non-hydrogen) atoms. The van der Waals surface area contributed by atoms with Crippen LogP contribution in [0.1, 0.15) is 10.4 Å². The summed E-state index contributed by atoms with van der Waals surface area (Å²) in [5, 5.41) is 0. The van der Waals surface area contributed by atoms with Crippen LogP contribution >= 0.6 is 0 Å². The van der Waals surface area contributed by atoms with E-state index in [2.05, 4.69) is 4.90 Å². The Kier molecular flexibility index (Phi) is 5.42. The number of amides is 1. The molecule has 4 nitrogen and oxygen atoms in total. The number of carbonyl (C=O) groups excluding carboxylic acids is 1. The second-order valence-electron chi connectivity index (χ2n) is 6.79. The molecule has 0 atom stereocenters. The van der Waals surface area contributed by atoms with Crippen molar-refractivity contribution in [3.05, 3.63) is 90.0 Å². The summed E-state index contributed by atoms with van der Waals surface area (Å²) in [6.07, 6.45) is 0. The number of carbonyl (C=O) groups is 1. The molecule has 0 bridgehead atoms. The number of piperazine rings is 1. The molecule has 1 aliphatic heterocycles. The lowest BCUT2D eigenvalue weighted by Gasteiger charge is -2.36. The lowest BCUT2D eigenvalue weighted by molar-refractivity contribution is 0.0746. The zero-order valence-corrected chi connectivity index (χ0v) is 15.7. The molecule has 1 aliphatic rings. The van der Waals surface area contributed by atoms with Crippen molar-refractivity contribution in [2.75, 3.05) is 31.1 Å². The van der Waals surface area contributed by atoms with Crippen LogP contribution in [0, 0.1) is 11.6 Å². The van der Waals surface area contributed by atoms with Crippen LogP contribution in [0.2, 0.25) is 0 Å². The van der Waals surface area contributed by atoms with Gasteiger partial charge >= 0.3 is 0 Å². The fourth-order valence-corrected chi connectivity index (χ4v) is 3.38. The molecule has 1 fully saturated rings. The van der Waals surface area contributed by atoms with E-state index < -0.39 is 11.6 Å². The summed E-state index contributed by atoms with van der Waals surface area (Å²) in [7, 11) is 0. The van der Waals surface area contributed by atoms with E-state index in [9.17, 15) is 13.6 Å². The van der Waals surface area contributed by atoms with Crippen molar-refractivity contribution in [2.45, 2.75) is 0 Å². The standard InChI is InChI=1S/C23H20F2N2O2/c24-19-11-10-17(16-20(19)25)23(28)27-14-12-26(13-15-27)21-8-4-5-9-22(21)29-18-6-2-1-3-7-18/h1-11,16H,12-15H2. The normalized spacial score (nSPS) is 14.0. The maximum atomic E-state index is 13.4. The molecule has 4 rings (SSSR count).